The number of nitrogens with two attached hydrogens (primary N) is 1. The van der Waals surface area contributed by atoms with Crippen molar-refractivity contribution in [1.82, 2.24) is 10.2 Å². The summed E-state index contributed by atoms with van der Waals surface area (Å²) < 4.78 is 0. The van der Waals surface area contributed by atoms with Crippen LogP contribution < -0.4 is 11.1 Å². The van der Waals surface area contributed by atoms with Crippen LogP contribution in [0.5, 0.6) is 0 Å². The zero-order valence-corrected chi connectivity index (χ0v) is 12.0. The lowest BCUT2D eigenvalue weighted by atomic mass is 10.00. The Hall–Kier alpha value is -0.120. The summed E-state index contributed by atoms with van der Waals surface area (Å²) in [4.78, 5) is 2.61. The van der Waals surface area contributed by atoms with Gasteiger partial charge in [-0.15, -0.1) is 0 Å². The lowest BCUT2D eigenvalue weighted by Gasteiger charge is -2.36. The van der Waals surface area contributed by atoms with Crippen molar-refractivity contribution in [3.05, 3.63) is 0 Å². The maximum atomic E-state index is 5.50. The highest BCUT2D eigenvalue weighted by Gasteiger charge is 2.22. The first-order valence-electron chi connectivity index (χ1n) is 7.21. The summed E-state index contributed by atoms with van der Waals surface area (Å²) in [6, 6.07) is 0.718. The van der Waals surface area contributed by atoms with Crippen LogP contribution in [-0.2, 0) is 0 Å². The second kappa shape index (κ2) is 7.34. The Morgan fingerprint density at radius 3 is 2.29 bits per heavy atom. The minimum absolute atomic E-state index is 0.258. The molecule has 1 saturated heterocycles. The molecule has 0 amide bonds. The standard InChI is InChI=1S/C14H31N3/c1-14(2,3)16-13-7-11-17(12-8-13)10-6-4-5-9-15/h13,16H,4-12,15H2,1-3H3. The normalized spacial score (nSPS) is 19.8. The molecule has 0 atom stereocenters. The number of nitrogens with zero attached hydrogens (tertiary/aromatic N) is 1. The Balaban J connectivity index is 2.09. The van der Waals surface area contributed by atoms with Crippen molar-refractivity contribution < 1.29 is 0 Å². The van der Waals surface area contributed by atoms with Crippen LogP contribution in [0.15, 0.2) is 0 Å². The first-order chi connectivity index (χ1) is 8.01. The van der Waals surface area contributed by atoms with E-state index in [1.165, 1.54) is 51.7 Å². The van der Waals surface area contributed by atoms with E-state index in [1.54, 1.807) is 0 Å². The molecule has 0 aromatic rings. The Labute approximate surface area is 107 Å². The van der Waals surface area contributed by atoms with Gasteiger partial charge < -0.3 is 16.0 Å². The Kier molecular flexibility index (Phi) is 6.45. The molecule has 3 nitrogen and oxygen atoms in total. The van der Waals surface area contributed by atoms with E-state index in [2.05, 4.69) is 31.0 Å². The van der Waals surface area contributed by atoms with E-state index < -0.39 is 0 Å². The van der Waals surface area contributed by atoms with Crippen LogP contribution >= 0.6 is 0 Å². The van der Waals surface area contributed by atoms with E-state index in [0.717, 1.165) is 12.6 Å². The number of piperidine rings is 1. The van der Waals surface area contributed by atoms with E-state index in [-0.39, 0.29) is 5.54 Å². The summed E-state index contributed by atoms with van der Waals surface area (Å²) in [7, 11) is 0. The largest absolute Gasteiger partial charge is 0.330 e. The summed E-state index contributed by atoms with van der Waals surface area (Å²) >= 11 is 0. The van der Waals surface area contributed by atoms with E-state index in [4.69, 9.17) is 5.73 Å². The number of nitrogens with one attached hydrogen (secondary N) is 1. The van der Waals surface area contributed by atoms with Gasteiger partial charge in [0.15, 0.2) is 0 Å². The van der Waals surface area contributed by atoms with Gasteiger partial charge in [-0.2, -0.15) is 0 Å². The maximum absolute atomic E-state index is 5.50. The van der Waals surface area contributed by atoms with Crippen LogP contribution in [0.2, 0.25) is 0 Å². The molecule has 0 saturated carbocycles. The molecular formula is C14H31N3. The topological polar surface area (TPSA) is 41.3 Å². The lowest BCUT2D eigenvalue weighted by Crippen LogP contribution is -2.49. The van der Waals surface area contributed by atoms with E-state index >= 15 is 0 Å². The smallest absolute Gasteiger partial charge is 0.00991 e. The third kappa shape index (κ3) is 7.02. The van der Waals surface area contributed by atoms with Gasteiger partial charge in [-0.05, 0) is 72.6 Å². The maximum Gasteiger partial charge on any atom is 0.00991 e. The van der Waals surface area contributed by atoms with Gasteiger partial charge >= 0.3 is 0 Å². The third-order valence-electron chi connectivity index (χ3n) is 3.40. The summed E-state index contributed by atoms with van der Waals surface area (Å²) in [5.41, 5.74) is 5.76. The second-order valence-corrected chi connectivity index (χ2v) is 6.36. The first kappa shape index (κ1) is 14.9. The highest BCUT2D eigenvalue weighted by Crippen LogP contribution is 2.14. The van der Waals surface area contributed by atoms with Crippen LogP contribution in [-0.4, -0.2) is 42.7 Å². The predicted octanol–water partition coefficient (Wildman–Crippen LogP) is 1.97. The molecule has 0 aromatic heterocycles. The molecule has 0 bridgehead atoms. The Morgan fingerprint density at radius 1 is 1.12 bits per heavy atom. The molecule has 102 valence electrons. The molecular weight excluding hydrogens is 210 g/mol. The summed E-state index contributed by atoms with van der Waals surface area (Å²) in [5, 5.41) is 3.71. The number of hydrogen-bond donors (Lipinski definition) is 2. The van der Waals surface area contributed by atoms with E-state index in [0.29, 0.717) is 0 Å². The van der Waals surface area contributed by atoms with Crippen molar-refractivity contribution in [3.8, 4) is 0 Å². The van der Waals surface area contributed by atoms with Gasteiger partial charge in [0.2, 0.25) is 0 Å². The second-order valence-electron chi connectivity index (χ2n) is 6.36. The van der Waals surface area contributed by atoms with Crippen molar-refractivity contribution >= 4 is 0 Å². The van der Waals surface area contributed by atoms with Gasteiger partial charge in [-0.25, -0.2) is 0 Å². The number of likely N-dealkylation sites (tertiary alicyclic amines) is 1. The Morgan fingerprint density at radius 2 is 1.76 bits per heavy atom. The highest BCUT2D eigenvalue weighted by molar-refractivity contribution is 4.82. The average molecular weight is 241 g/mol. The molecule has 1 aliphatic heterocycles. The number of unbranched alkanes of at least 4 members (excludes halogenated alkanes) is 2. The monoisotopic (exact) mass is 241 g/mol. The van der Waals surface area contributed by atoms with Crippen molar-refractivity contribution in [1.29, 1.82) is 0 Å². The number of rotatable bonds is 6. The molecule has 0 aromatic carbocycles. The highest BCUT2D eigenvalue weighted by atomic mass is 15.1. The van der Waals surface area contributed by atoms with Crippen molar-refractivity contribution in [2.75, 3.05) is 26.2 Å². The third-order valence-corrected chi connectivity index (χ3v) is 3.40. The van der Waals surface area contributed by atoms with Crippen molar-refractivity contribution in [3.63, 3.8) is 0 Å². The zero-order valence-electron chi connectivity index (χ0n) is 12.0. The minimum Gasteiger partial charge on any atom is -0.330 e. The van der Waals surface area contributed by atoms with Gasteiger partial charge in [-0.1, -0.05) is 6.42 Å². The van der Waals surface area contributed by atoms with Gasteiger partial charge in [-0.3, -0.25) is 0 Å². The molecule has 0 unspecified atom stereocenters. The predicted molar refractivity (Wildman–Crippen MR) is 75.3 cm³/mol. The van der Waals surface area contributed by atoms with Crippen LogP contribution in [0.1, 0.15) is 52.9 Å². The van der Waals surface area contributed by atoms with Crippen LogP contribution in [0.3, 0.4) is 0 Å². The minimum atomic E-state index is 0.258. The zero-order chi connectivity index (χ0) is 12.7. The Bertz CT molecular complexity index is 190. The molecule has 3 N–H and O–H groups in total. The van der Waals surface area contributed by atoms with Crippen LogP contribution in [0, 0.1) is 0 Å². The molecule has 1 fully saturated rings. The summed E-state index contributed by atoms with van der Waals surface area (Å²) in [6.45, 7) is 11.4. The van der Waals surface area contributed by atoms with Crippen molar-refractivity contribution in [2.24, 2.45) is 5.73 Å². The fraction of sp³-hybridized carbons (Fsp3) is 1.00. The van der Waals surface area contributed by atoms with Crippen LogP contribution in [0.4, 0.5) is 0 Å². The SMILES string of the molecule is CC(C)(C)NC1CCN(CCCCCN)CC1. The van der Waals surface area contributed by atoms with Crippen LogP contribution in [0.25, 0.3) is 0 Å². The van der Waals surface area contributed by atoms with E-state index in [1.807, 2.05) is 0 Å². The molecule has 17 heavy (non-hydrogen) atoms. The van der Waals surface area contributed by atoms with Gasteiger partial charge in [0.25, 0.3) is 0 Å². The first-order valence-corrected chi connectivity index (χ1v) is 7.21. The van der Waals surface area contributed by atoms with Gasteiger partial charge in [0, 0.05) is 11.6 Å². The quantitative estimate of drug-likeness (QED) is 0.699. The fourth-order valence-corrected chi connectivity index (χ4v) is 2.57. The molecule has 1 rings (SSSR count). The number of hydrogen-bond acceptors (Lipinski definition) is 3. The van der Waals surface area contributed by atoms with E-state index in [9.17, 15) is 0 Å². The van der Waals surface area contributed by atoms with Gasteiger partial charge in [0.1, 0.15) is 0 Å². The summed E-state index contributed by atoms with van der Waals surface area (Å²) in [6.07, 6.45) is 6.38. The lowest BCUT2D eigenvalue weighted by molar-refractivity contribution is 0.178. The summed E-state index contributed by atoms with van der Waals surface area (Å²) in [5.74, 6) is 0. The van der Waals surface area contributed by atoms with Crippen molar-refractivity contribution in [2.45, 2.75) is 64.5 Å². The molecule has 0 radical (unpaired) electrons. The molecule has 3 heteroatoms. The molecule has 1 aliphatic rings. The molecule has 0 spiro atoms. The molecule has 0 aliphatic carbocycles. The molecule has 1 heterocycles. The average Bonchev–Trinajstić information content (AvgIpc) is 2.25. The fourth-order valence-electron chi connectivity index (χ4n) is 2.57. The van der Waals surface area contributed by atoms with Gasteiger partial charge in [0.05, 0.1) is 0 Å².